The van der Waals surface area contributed by atoms with Crippen LogP contribution in [-0.2, 0) is 11.8 Å². The molecule has 6 heteroatoms. The van der Waals surface area contributed by atoms with Gasteiger partial charge in [0.15, 0.2) is 0 Å². The molecule has 0 bridgehead atoms. The molecule has 1 amide bonds. The minimum atomic E-state index is -0.154. The molecular weight excluding hydrogens is 378 g/mol. The maximum atomic E-state index is 12.2. The molecule has 0 saturated heterocycles. The van der Waals surface area contributed by atoms with Crippen molar-refractivity contribution in [3.05, 3.63) is 56.8 Å². The molecule has 0 aliphatic rings. The van der Waals surface area contributed by atoms with Crippen LogP contribution in [0.1, 0.15) is 36.2 Å². The number of aromatic nitrogens is 2. The number of rotatable bonds is 5. The number of halogens is 2. The molecule has 0 spiro atoms. The van der Waals surface area contributed by atoms with E-state index in [2.05, 4.69) is 26.3 Å². The monoisotopic (exact) mass is 395 g/mol. The molecule has 1 N–H and O–H groups in total. The molecule has 1 aromatic heterocycles. The van der Waals surface area contributed by atoms with Gasteiger partial charge in [0.25, 0.3) is 0 Å². The maximum absolute atomic E-state index is 12.2. The Labute approximate surface area is 149 Å². The highest BCUT2D eigenvalue weighted by Crippen LogP contribution is 2.21. The minimum Gasteiger partial charge on any atom is -0.346 e. The summed E-state index contributed by atoms with van der Waals surface area (Å²) in [5.41, 5.74) is 2.63. The molecule has 0 aliphatic heterocycles. The topological polar surface area (TPSA) is 46.9 Å². The molecule has 0 fully saturated rings. The van der Waals surface area contributed by atoms with Crippen LogP contribution in [0.5, 0.6) is 0 Å². The summed E-state index contributed by atoms with van der Waals surface area (Å²) in [7, 11) is 1.77. The Morgan fingerprint density at radius 2 is 2.09 bits per heavy atom. The highest BCUT2D eigenvalue weighted by Gasteiger charge is 2.12. The Kier molecular flexibility index (Phi) is 6.02. The van der Waals surface area contributed by atoms with Crippen LogP contribution in [0, 0.1) is 6.92 Å². The fourth-order valence-electron chi connectivity index (χ4n) is 2.33. The highest BCUT2D eigenvalue weighted by atomic mass is 79.9. The van der Waals surface area contributed by atoms with E-state index in [4.69, 9.17) is 11.6 Å². The van der Waals surface area contributed by atoms with Gasteiger partial charge in [0.05, 0.1) is 11.7 Å². The van der Waals surface area contributed by atoms with E-state index in [1.54, 1.807) is 17.8 Å². The van der Waals surface area contributed by atoms with Crippen LogP contribution in [0.25, 0.3) is 6.08 Å². The smallest absolute Gasteiger partial charge is 0.244 e. The number of hydrogen-bond acceptors (Lipinski definition) is 2. The number of aryl methyl sites for hydroxylation is 2. The van der Waals surface area contributed by atoms with Crippen molar-refractivity contribution in [1.29, 1.82) is 0 Å². The van der Waals surface area contributed by atoms with Gasteiger partial charge in [0, 0.05) is 23.2 Å². The van der Waals surface area contributed by atoms with E-state index in [1.165, 1.54) is 6.08 Å². The van der Waals surface area contributed by atoms with Gasteiger partial charge in [-0.05, 0) is 37.1 Å². The van der Waals surface area contributed by atoms with Gasteiger partial charge in [-0.1, -0.05) is 46.6 Å². The number of carbonyl (C=O) groups excluding carboxylic acids is 1. The summed E-state index contributed by atoms with van der Waals surface area (Å²) in [5.74, 6) is -0.154. The first kappa shape index (κ1) is 17.8. The Morgan fingerprint density at radius 3 is 2.61 bits per heavy atom. The van der Waals surface area contributed by atoms with Gasteiger partial charge in [0.1, 0.15) is 5.15 Å². The summed E-state index contributed by atoms with van der Waals surface area (Å²) in [6, 6.07) is 7.93. The maximum Gasteiger partial charge on any atom is 0.244 e. The zero-order valence-corrected chi connectivity index (χ0v) is 15.6. The van der Waals surface area contributed by atoms with E-state index in [-0.39, 0.29) is 11.9 Å². The molecule has 122 valence electrons. The largest absolute Gasteiger partial charge is 0.346 e. The van der Waals surface area contributed by atoms with Gasteiger partial charge in [-0.2, -0.15) is 5.10 Å². The zero-order valence-electron chi connectivity index (χ0n) is 13.3. The third-order valence-corrected chi connectivity index (χ3v) is 4.57. The first-order valence-electron chi connectivity index (χ1n) is 7.35. The standard InChI is InChI=1S/C17H19BrClN3O/c1-4-15(12-5-7-13(18)8-6-12)20-16(23)10-9-14-11(2)21-22(3)17(14)19/h5-10,15H,4H2,1-3H3,(H,20,23)/b10-9+. The summed E-state index contributed by atoms with van der Waals surface area (Å²) < 4.78 is 2.61. The molecule has 4 nitrogen and oxygen atoms in total. The van der Waals surface area contributed by atoms with E-state index in [9.17, 15) is 4.79 Å². The van der Waals surface area contributed by atoms with Crippen LogP contribution >= 0.6 is 27.5 Å². The molecule has 0 radical (unpaired) electrons. The van der Waals surface area contributed by atoms with Gasteiger partial charge in [0.2, 0.25) is 5.91 Å². The highest BCUT2D eigenvalue weighted by molar-refractivity contribution is 9.10. The van der Waals surface area contributed by atoms with E-state index in [0.717, 1.165) is 27.7 Å². The van der Waals surface area contributed by atoms with Crippen molar-refractivity contribution in [2.45, 2.75) is 26.3 Å². The summed E-state index contributed by atoms with van der Waals surface area (Å²) in [6.45, 7) is 3.90. The lowest BCUT2D eigenvalue weighted by atomic mass is 10.0. The Morgan fingerprint density at radius 1 is 1.43 bits per heavy atom. The number of carbonyl (C=O) groups is 1. The lowest BCUT2D eigenvalue weighted by Crippen LogP contribution is -2.26. The first-order valence-corrected chi connectivity index (χ1v) is 8.52. The second kappa shape index (κ2) is 7.79. The van der Waals surface area contributed by atoms with Crippen LogP contribution in [-0.4, -0.2) is 15.7 Å². The normalized spacial score (nSPS) is 12.6. The molecule has 1 heterocycles. The molecule has 0 saturated carbocycles. The second-order valence-corrected chi connectivity index (χ2v) is 6.54. The molecule has 2 rings (SSSR count). The van der Waals surface area contributed by atoms with E-state index in [0.29, 0.717) is 5.15 Å². The molecular formula is C17H19BrClN3O. The van der Waals surface area contributed by atoms with Gasteiger partial charge in [-0.25, -0.2) is 0 Å². The average Bonchev–Trinajstić information content (AvgIpc) is 2.77. The van der Waals surface area contributed by atoms with Crippen molar-refractivity contribution in [2.24, 2.45) is 7.05 Å². The third-order valence-electron chi connectivity index (χ3n) is 3.59. The van der Waals surface area contributed by atoms with E-state index < -0.39 is 0 Å². The molecule has 23 heavy (non-hydrogen) atoms. The Balaban J connectivity index is 2.08. The number of benzene rings is 1. The minimum absolute atomic E-state index is 0.0225. The summed E-state index contributed by atoms with van der Waals surface area (Å²) in [6.07, 6.45) is 4.01. The van der Waals surface area contributed by atoms with Crippen molar-refractivity contribution in [2.75, 3.05) is 0 Å². The fraction of sp³-hybridized carbons (Fsp3) is 0.294. The van der Waals surface area contributed by atoms with Crippen LogP contribution in [0.2, 0.25) is 5.15 Å². The van der Waals surface area contributed by atoms with Crippen molar-refractivity contribution < 1.29 is 4.79 Å². The average molecular weight is 397 g/mol. The van der Waals surface area contributed by atoms with E-state index in [1.807, 2.05) is 38.1 Å². The molecule has 2 aromatic rings. The molecule has 1 aromatic carbocycles. The zero-order chi connectivity index (χ0) is 17.0. The lowest BCUT2D eigenvalue weighted by molar-refractivity contribution is -0.117. The second-order valence-electron chi connectivity index (χ2n) is 5.27. The van der Waals surface area contributed by atoms with Gasteiger partial charge in [-0.15, -0.1) is 0 Å². The summed E-state index contributed by atoms with van der Waals surface area (Å²) in [5, 5.41) is 7.75. The van der Waals surface area contributed by atoms with Crippen molar-refractivity contribution in [3.63, 3.8) is 0 Å². The van der Waals surface area contributed by atoms with Crippen molar-refractivity contribution in [1.82, 2.24) is 15.1 Å². The van der Waals surface area contributed by atoms with Gasteiger partial charge in [-0.3, -0.25) is 9.48 Å². The van der Waals surface area contributed by atoms with Crippen molar-refractivity contribution in [3.8, 4) is 0 Å². The lowest BCUT2D eigenvalue weighted by Gasteiger charge is -2.16. The number of nitrogens with one attached hydrogen (secondary N) is 1. The quantitative estimate of drug-likeness (QED) is 0.760. The van der Waals surface area contributed by atoms with Gasteiger partial charge >= 0.3 is 0 Å². The predicted octanol–water partition coefficient (Wildman–Crippen LogP) is 4.43. The molecule has 1 unspecified atom stereocenters. The Hall–Kier alpha value is -1.59. The van der Waals surface area contributed by atoms with Gasteiger partial charge < -0.3 is 5.32 Å². The SMILES string of the molecule is CCC(NC(=O)/C=C/c1c(C)nn(C)c1Cl)c1ccc(Br)cc1. The van der Waals surface area contributed by atoms with Crippen LogP contribution in [0.3, 0.4) is 0 Å². The summed E-state index contributed by atoms with van der Waals surface area (Å²) >= 11 is 9.57. The third kappa shape index (κ3) is 4.45. The number of amides is 1. The van der Waals surface area contributed by atoms with Crippen LogP contribution in [0.15, 0.2) is 34.8 Å². The Bertz CT molecular complexity index is 722. The number of nitrogens with zero attached hydrogens (tertiary/aromatic N) is 2. The first-order chi connectivity index (χ1) is 10.9. The molecule has 0 aliphatic carbocycles. The summed E-state index contributed by atoms with van der Waals surface area (Å²) in [4.78, 5) is 12.2. The molecule has 1 atom stereocenters. The van der Waals surface area contributed by atoms with E-state index >= 15 is 0 Å². The van der Waals surface area contributed by atoms with Crippen LogP contribution in [0.4, 0.5) is 0 Å². The van der Waals surface area contributed by atoms with Crippen LogP contribution < -0.4 is 5.32 Å². The predicted molar refractivity (Wildman–Crippen MR) is 97.3 cm³/mol. The number of hydrogen-bond donors (Lipinski definition) is 1. The van der Waals surface area contributed by atoms with Crippen molar-refractivity contribution >= 4 is 39.5 Å². The fourth-order valence-corrected chi connectivity index (χ4v) is 2.83.